The van der Waals surface area contributed by atoms with Crippen LogP contribution in [0.2, 0.25) is 0 Å². The summed E-state index contributed by atoms with van der Waals surface area (Å²) < 4.78 is 27.5. The van der Waals surface area contributed by atoms with Crippen LogP contribution >= 0.6 is 0 Å². The Bertz CT molecular complexity index is 801. The second-order valence-corrected chi connectivity index (χ2v) is 4.70. The van der Waals surface area contributed by atoms with Crippen molar-refractivity contribution in [2.45, 2.75) is 0 Å². The highest BCUT2D eigenvalue weighted by Crippen LogP contribution is 2.32. The number of hydrogen-bond donors (Lipinski definition) is 1. The molecule has 0 heterocycles. The first-order chi connectivity index (χ1) is 11.3. The fraction of sp³-hybridized carbons (Fsp3) is 0.0667. The van der Waals surface area contributed by atoms with E-state index in [0.717, 1.165) is 43.4 Å². The quantitative estimate of drug-likeness (QED) is 0.683. The van der Waals surface area contributed by atoms with Crippen LogP contribution in [-0.2, 0) is 0 Å². The largest absolute Gasteiger partial charge is 0.478 e. The molecule has 0 saturated heterocycles. The molecular weight excluding hydrogens is 326 g/mol. The molecule has 9 heteroatoms. The molecule has 2 aromatic rings. The third-order valence-electron chi connectivity index (χ3n) is 3.26. The minimum absolute atomic E-state index is 0.545. The number of para-hydroxylation sites is 1. The lowest BCUT2D eigenvalue weighted by Gasteiger charge is -2.19. The van der Waals surface area contributed by atoms with Gasteiger partial charge in [0, 0.05) is 13.1 Å². The van der Waals surface area contributed by atoms with Gasteiger partial charge in [-0.15, -0.1) is 0 Å². The van der Waals surface area contributed by atoms with E-state index in [4.69, 9.17) is 0 Å². The summed E-state index contributed by atoms with van der Waals surface area (Å²) in [5.41, 5.74) is -2.73. The molecular formula is C15H10F2N2O5. The van der Waals surface area contributed by atoms with Crippen LogP contribution in [0.4, 0.5) is 20.2 Å². The number of amides is 1. The SMILES string of the molecule is CN(C(=O)c1c(F)cccc1F)c1c(C(=O)O)cccc1[N+](=O)[O-]. The smallest absolute Gasteiger partial charge is 0.338 e. The maximum atomic E-state index is 13.8. The van der Waals surface area contributed by atoms with Crippen LogP contribution in [0.15, 0.2) is 36.4 Å². The summed E-state index contributed by atoms with van der Waals surface area (Å²) in [6.07, 6.45) is 0. The minimum atomic E-state index is -1.53. The Morgan fingerprint density at radius 1 is 1.12 bits per heavy atom. The molecule has 0 aromatic heterocycles. The molecule has 0 radical (unpaired) electrons. The van der Waals surface area contributed by atoms with Gasteiger partial charge in [0.1, 0.15) is 22.9 Å². The van der Waals surface area contributed by atoms with Crippen molar-refractivity contribution in [3.8, 4) is 0 Å². The van der Waals surface area contributed by atoms with E-state index in [-0.39, 0.29) is 0 Å². The fourth-order valence-corrected chi connectivity index (χ4v) is 2.18. The van der Waals surface area contributed by atoms with Gasteiger partial charge < -0.3 is 10.0 Å². The number of rotatable bonds is 4. The standard InChI is InChI=1S/C15H10F2N2O5/c1-18(14(20)12-9(16)5-3-6-10(12)17)13-8(15(21)22)4-2-7-11(13)19(23)24/h2-7H,1H3,(H,21,22). The van der Waals surface area contributed by atoms with Gasteiger partial charge in [0.2, 0.25) is 0 Å². The molecule has 0 aliphatic heterocycles. The number of nitro benzene ring substituents is 1. The summed E-state index contributed by atoms with van der Waals surface area (Å²) in [4.78, 5) is 34.4. The normalized spacial score (nSPS) is 10.3. The Labute approximate surface area is 133 Å². The maximum Gasteiger partial charge on any atom is 0.338 e. The molecule has 0 bridgehead atoms. The number of carboxylic acids is 1. The zero-order valence-corrected chi connectivity index (χ0v) is 12.2. The van der Waals surface area contributed by atoms with E-state index in [0.29, 0.717) is 4.90 Å². The number of carbonyl (C=O) groups is 2. The fourth-order valence-electron chi connectivity index (χ4n) is 2.18. The first-order valence-corrected chi connectivity index (χ1v) is 6.48. The van der Waals surface area contributed by atoms with Crippen molar-refractivity contribution in [2.75, 3.05) is 11.9 Å². The van der Waals surface area contributed by atoms with Gasteiger partial charge in [-0.1, -0.05) is 12.1 Å². The minimum Gasteiger partial charge on any atom is -0.478 e. The number of hydrogen-bond acceptors (Lipinski definition) is 4. The highest BCUT2D eigenvalue weighted by atomic mass is 19.1. The first-order valence-electron chi connectivity index (χ1n) is 6.48. The van der Waals surface area contributed by atoms with Crippen molar-refractivity contribution in [3.05, 3.63) is 69.3 Å². The number of carbonyl (C=O) groups excluding carboxylic acids is 1. The number of benzene rings is 2. The van der Waals surface area contributed by atoms with Crippen molar-refractivity contribution in [1.82, 2.24) is 0 Å². The Morgan fingerprint density at radius 3 is 2.17 bits per heavy atom. The van der Waals surface area contributed by atoms with E-state index >= 15 is 0 Å². The molecule has 124 valence electrons. The maximum absolute atomic E-state index is 13.8. The van der Waals surface area contributed by atoms with Gasteiger partial charge in [-0.25, -0.2) is 13.6 Å². The number of nitro groups is 1. The Hall–Kier alpha value is -3.36. The van der Waals surface area contributed by atoms with Crippen molar-refractivity contribution < 1.29 is 28.4 Å². The summed E-state index contributed by atoms with van der Waals surface area (Å²) >= 11 is 0. The lowest BCUT2D eigenvalue weighted by molar-refractivity contribution is -0.384. The van der Waals surface area contributed by atoms with Gasteiger partial charge in [0.05, 0.1) is 10.5 Å². The van der Waals surface area contributed by atoms with E-state index in [2.05, 4.69) is 0 Å². The number of halogens is 2. The molecule has 0 fully saturated rings. The summed E-state index contributed by atoms with van der Waals surface area (Å²) in [6, 6.07) is 5.92. The van der Waals surface area contributed by atoms with Crippen molar-refractivity contribution in [1.29, 1.82) is 0 Å². The van der Waals surface area contributed by atoms with E-state index in [1.165, 1.54) is 0 Å². The average Bonchev–Trinajstić information content (AvgIpc) is 2.52. The van der Waals surface area contributed by atoms with Gasteiger partial charge in [0.15, 0.2) is 0 Å². The molecule has 0 atom stereocenters. The molecule has 24 heavy (non-hydrogen) atoms. The van der Waals surface area contributed by atoms with Crippen molar-refractivity contribution >= 4 is 23.3 Å². The molecule has 2 rings (SSSR count). The molecule has 0 aliphatic carbocycles. The van der Waals surface area contributed by atoms with Crippen LogP contribution in [-0.4, -0.2) is 29.0 Å². The second kappa shape index (κ2) is 6.41. The number of aromatic carboxylic acids is 1. The van der Waals surface area contributed by atoms with Gasteiger partial charge >= 0.3 is 5.97 Å². The monoisotopic (exact) mass is 336 g/mol. The van der Waals surface area contributed by atoms with Gasteiger partial charge in [0.25, 0.3) is 11.6 Å². The van der Waals surface area contributed by atoms with Gasteiger partial charge in [-0.3, -0.25) is 14.9 Å². The van der Waals surface area contributed by atoms with Crippen LogP contribution < -0.4 is 4.90 Å². The van der Waals surface area contributed by atoms with Crippen LogP contribution in [0.1, 0.15) is 20.7 Å². The van der Waals surface area contributed by atoms with E-state index in [1.54, 1.807) is 0 Å². The van der Waals surface area contributed by atoms with E-state index in [9.17, 15) is 33.6 Å². The molecule has 0 unspecified atom stereocenters. The summed E-state index contributed by atoms with van der Waals surface area (Å²) in [5, 5.41) is 20.3. The molecule has 2 aromatic carbocycles. The number of nitrogens with zero attached hydrogens (tertiary/aromatic N) is 2. The van der Waals surface area contributed by atoms with Gasteiger partial charge in [-0.2, -0.15) is 0 Å². The zero-order chi connectivity index (χ0) is 18.0. The number of carboxylic acid groups (broad SMARTS) is 1. The molecule has 0 aliphatic rings. The lowest BCUT2D eigenvalue weighted by Crippen LogP contribution is -2.30. The molecule has 1 N–H and O–H groups in total. The molecule has 7 nitrogen and oxygen atoms in total. The van der Waals surface area contributed by atoms with Crippen molar-refractivity contribution in [2.24, 2.45) is 0 Å². The summed E-state index contributed by atoms with van der Waals surface area (Å²) in [7, 11) is 1.00. The topological polar surface area (TPSA) is 101 Å². The van der Waals surface area contributed by atoms with Crippen LogP contribution in [0.25, 0.3) is 0 Å². The lowest BCUT2D eigenvalue weighted by atomic mass is 10.1. The first kappa shape index (κ1) is 17.0. The Kier molecular flexibility index (Phi) is 4.54. The van der Waals surface area contributed by atoms with Gasteiger partial charge in [-0.05, 0) is 18.2 Å². The van der Waals surface area contributed by atoms with E-state index in [1.807, 2.05) is 0 Å². The zero-order valence-electron chi connectivity index (χ0n) is 12.2. The Balaban J connectivity index is 2.65. The number of anilines is 1. The third-order valence-corrected chi connectivity index (χ3v) is 3.26. The molecule has 0 saturated carbocycles. The second-order valence-electron chi connectivity index (χ2n) is 4.70. The van der Waals surface area contributed by atoms with E-state index < -0.39 is 50.9 Å². The molecule has 1 amide bonds. The highest BCUT2D eigenvalue weighted by Gasteiger charge is 2.30. The predicted molar refractivity (Wildman–Crippen MR) is 79.1 cm³/mol. The highest BCUT2D eigenvalue weighted by molar-refractivity contribution is 6.11. The molecule has 0 spiro atoms. The summed E-state index contributed by atoms with van der Waals surface area (Å²) in [5.74, 6) is -5.10. The average molecular weight is 336 g/mol. The Morgan fingerprint density at radius 2 is 1.67 bits per heavy atom. The van der Waals surface area contributed by atoms with Crippen molar-refractivity contribution in [3.63, 3.8) is 0 Å². The predicted octanol–water partition coefficient (Wildman–Crippen LogP) is 2.85. The van der Waals surface area contributed by atoms with Crippen LogP contribution in [0.5, 0.6) is 0 Å². The van der Waals surface area contributed by atoms with Crippen LogP contribution in [0.3, 0.4) is 0 Å². The third kappa shape index (κ3) is 2.91. The summed E-state index contributed by atoms with van der Waals surface area (Å²) in [6.45, 7) is 0. The van der Waals surface area contributed by atoms with Crippen LogP contribution in [0, 0.1) is 21.7 Å².